The van der Waals surface area contributed by atoms with E-state index >= 15 is 0 Å². The van der Waals surface area contributed by atoms with Gasteiger partial charge in [-0.05, 0) is 58.6 Å². The number of nitrogens with one attached hydrogen (secondary N) is 2. The fraction of sp³-hybridized carbons (Fsp3) is 0.200. The molecule has 0 fully saturated rings. The Labute approximate surface area is 160 Å². The van der Waals surface area contributed by atoms with Crippen LogP contribution in [0.5, 0.6) is 0 Å². The van der Waals surface area contributed by atoms with E-state index in [-0.39, 0.29) is 11.1 Å². The first kappa shape index (κ1) is 17.4. The summed E-state index contributed by atoms with van der Waals surface area (Å²) >= 11 is 10.2. The lowest BCUT2D eigenvalue weighted by atomic mass is 10.1. The first-order valence-corrected chi connectivity index (χ1v) is 10.7. The van der Waals surface area contributed by atoms with E-state index in [1.807, 2.05) is 30.3 Å². The molecule has 122 valence electrons. The number of benzene rings is 2. The minimum absolute atomic E-state index is 0.248. The molecule has 0 bridgehead atoms. The first-order valence-electron chi connectivity index (χ1n) is 6.87. The Bertz CT molecular complexity index is 856. The van der Waals surface area contributed by atoms with Gasteiger partial charge in [0.2, 0.25) is 10.0 Å². The highest BCUT2D eigenvalue weighted by atomic mass is 79.9. The van der Waals surface area contributed by atoms with Crippen LogP contribution in [-0.2, 0) is 16.4 Å². The van der Waals surface area contributed by atoms with Crippen LogP contribution < -0.4 is 10.0 Å². The zero-order valence-electron chi connectivity index (χ0n) is 11.8. The molecule has 0 aromatic heterocycles. The molecular weight excluding hydrogens is 512 g/mol. The maximum Gasteiger partial charge on any atom is 0.244 e. The van der Waals surface area contributed by atoms with Gasteiger partial charge in [-0.1, -0.05) is 44.0 Å². The van der Waals surface area contributed by atoms with Crippen LogP contribution in [-0.4, -0.2) is 14.6 Å². The molecule has 2 aromatic carbocycles. The SMILES string of the molecule is O=S1(=O)NC(CCc2cccc(Br)c2)Nc2c(Br)cc(Br)cc21. The summed E-state index contributed by atoms with van der Waals surface area (Å²) < 4.78 is 30.1. The molecule has 0 spiro atoms. The Morgan fingerprint density at radius 3 is 2.57 bits per heavy atom. The van der Waals surface area contributed by atoms with Crippen molar-refractivity contribution in [2.75, 3.05) is 5.32 Å². The summed E-state index contributed by atoms with van der Waals surface area (Å²) in [4.78, 5) is 0.248. The standard InChI is InChI=1S/C15H13Br3N2O2S/c16-10-3-1-2-9(6-10)4-5-14-19-15-12(18)7-11(17)8-13(15)23(21,22)20-14/h1-3,6-8,14,19-20H,4-5H2. The summed E-state index contributed by atoms with van der Waals surface area (Å²) in [6.07, 6.45) is 1.07. The molecule has 2 aromatic rings. The molecule has 0 radical (unpaired) electrons. The summed E-state index contributed by atoms with van der Waals surface area (Å²) in [5, 5.41) is 3.26. The Morgan fingerprint density at radius 1 is 1.04 bits per heavy atom. The highest BCUT2D eigenvalue weighted by Crippen LogP contribution is 2.36. The molecule has 8 heteroatoms. The summed E-state index contributed by atoms with van der Waals surface area (Å²) in [5.41, 5.74) is 1.76. The van der Waals surface area contributed by atoms with Gasteiger partial charge in [0, 0.05) is 13.4 Å². The Hall–Kier alpha value is -0.410. The van der Waals surface area contributed by atoms with Crippen LogP contribution in [0.15, 0.2) is 54.7 Å². The second-order valence-corrected chi connectivity index (χ2v) is 9.62. The van der Waals surface area contributed by atoms with Crippen molar-refractivity contribution in [1.29, 1.82) is 0 Å². The zero-order chi connectivity index (χ0) is 16.6. The predicted molar refractivity (Wildman–Crippen MR) is 102 cm³/mol. The molecule has 0 saturated heterocycles. The van der Waals surface area contributed by atoms with Crippen molar-refractivity contribution in [3.8, 4) is 0 Å². The minimum atomic E-state index is -3.53. The van der Waals surface area contributed by atoms with Crippen molar-refractivity contribution in [2.45, 2.75) is 23.9 Å². The lowest BCUT2D eigenvalue weighted by Crippen LogP contribution is -2.45. The molecule has 0 saturated carbocycles. The predicted octanol–water partition coefficient (Wildman–Crippen LogP) is 4.64. The number of sulfonamides is 1. The number of hydrogen-bond donors (Lipinski definition) is 2. The summed E-state index contributed by atoms with van der Waals surface area (Å²) in [6.45, 7) is 0. The largest absolute Gasteiger partial charge is 0.367 e. The highest BCUT2D eigenvalue weighted by molar-refractivity contribution is 9.11. The third-order valence-electron chi connectivity index (χ3n) is 3.54. The monoisotopic (exact) mass is 522 g/mol. The van der Waals surface area contributed by atoms with Gasteiger partial charge in [-0.3, -0.25) is 0 Å². The molecule has 3 rings (SSSR count). The van der Waals surface area contributed by atoms with Gasteiger partial charge in [-0.25, -0.2) is 8.42 Å². The Morgan fingerprint density at radius 2 is 1.83 bits per heavy atom. The number of aryl methyl sites for hydroxylation is 1. The van der Waals surface area contributed by atoms with E-state index in [0.29, 0.717) is 16.6 Å². The lowest BCUT2D eigenvalue weighted by Gasteiger charge is -2.29. The maximum absolute atomic E-state index is 12.5. The van der Waals surface area contributed by atoms with E-state index in [2.05, 4.69) is 57.8 Å². The summed E-state index contributed by atoms with van der Waals surface area (Å²) in [7, 11) is -3.53. The number of hydrogen-bond acceptors (Lipinski definition) is 3. The van der Waals surface area contributed by atoms with Gasteiger partial charge >= 0.3 is 0 Å². The average molecular weight is 525 g/mol. The van der Waals surface area contributed by atoms with Gasteiger partial charge in [-0.2, -0.15) is 4.72 Å². The Balaban J connectivity index is 1.82. The van der Waals surface area contributed by atoms with Crippen molar-refractivity contribution >= 4 is 63.5 Å². The summed E-state index contributed by atoms with van der Waals surface area (Å²) in [5.74, 6) is 0. The maximum atomic E-state index is 12.5. The third kappa shape index (κ3) is 3.99. The molecule has 4 nitrogen and oxygen atoms in total. The molecule has 1 heterocycles. The average Bonchev–Trinajstić information content (AvgIpc) is 2.46. The second kappa shape index (κ2) is 6.84. The van der Waals surface area contributed by atoms with E-state index in [1.54, 1.807) is 6.07 Å². The van der Waals surface area contributed by atoms with E-state index in [9.17, 15) is 8.42 Å². The normalized spacial score (nSPS) is 19.0. The molecule has 0 amide bonds. The molecule has 1 aliphatic rings. The van der Waals surface area contributed by atoms with Gasteiger partial charge < -0.3 is 5.32 Å². The van der Waals surface area contributed by atoms with Gasteiger partial charge in [0.1, 0.15) is 4.90 Å². The first-order chi connectivity index (χ1) is 10.8. The van der Waals surface area contributed by atoms with Gasteiger partial charge in [-0.15, -0.1) is 0 Å². The van der Waals surface area contributed by atoms with Gasteiger partial charge in [0.05, 0.1) is 11.9 Å². The van der Waals surface area contributed by atoms with Crippen LogP contribution in [0.2, 0.25) is 0 Å². The highest BCUT2D eigenvalue weighted by Gasteiger charge is 2.30. The van der Waals surface area contributed by atoms with Gasteiger partial charge in [0.25, 0.3) is 0 Å². The van der Waals surface area contributed by atoms with E-state index in [4.69, 9.17) is 0 Å². The van der Waals surface area contributed by atoms with Crippen molar-refractivity contribution in [1.82, 2.24) is 4.72 Å². The molecular formula is C15H13Br3N2O2S. The van der Waals surface area contributed by atoms with Crippen LogP contribution in [0.25, 0.3) is 0 Å². The van der Waals surface area contributed by atoms with Crippen LogP contribution in [0.1, 0.15) is 12.0 Å². The van der Waals surface area contributed by atoms with E-state index in [0.717, 1.165) is 20.9 Å². The van der Waals surface area contributed by atoms with E-state index < -0.39 is 10.0 Å². The third-order valence-corrected chi connectivity index (χ3v) is 6.61. The van der Waals surface area contributed by atoms with Crippen molar-refractivity contribution in [3.05, 3.63) is 55.4 Å². The van der Waals surface area contributed by atoms with Crippen LogP contribution in [0.3, 0.4) is 0 Å². The zero-order valence-corrected chi connectivity index (χ0v) is 17.4. The lowest BCUT2D eigenvalue weighted by molar-refractivity contribution is 0.542. The van der Waals surface area contributed by atoms with Crippen LogP contribution >= 0.6 is 47.8 Å². The number of rotatable bonds is 3. The molecule has 0 aliphatic carbocycles. The second-order valence-electron chi connectivity index (χ2n) is 5.25. The van der Waals surface area contributed by atoms with Crippen LogP contribution in [0.4, 0.5) is 5.69 Å². The van der Waals surface area contributed by atoms with Gasteiger partial charge in [0.15, 0.2) is 0 Å². The number of fused-ring (bicyclic) bond motifs is 1. The number of anilines is 1. The molecule has 2 N–H and O–H groups in total. The number of halogens is 3. The quantitative estimate of drug-likeness (QED) is 0.615. The molecule has 1 atom stereocenters. The van der Waals surface area contributed by atoms with Crippen molar-refractivity contribution < 1.29 is 8.42 Å². The fourth-order valence-corrected chi connectivity index (χ4v) is 5.96. The molecule has 1 unspecified atom stereocenters. The smallest absolute Gasteiger partial charge is 0.244 e. The summed E-state index contributed by atoms with van der Waals surface area (Å²) in [6, 6.07) is 11.4. The minimum Gasteiger partial charge on any atom is -0.367 e. The molecule has 23 heavy (non-hydrogen) atoms. The topological polar surface area (TPSA) is 58.2 Å². The van der Waals surface area contributed by atoms with Crippen LogP contribution in [0, 0.1) is 0 Å². The van der Waals surface area contributed by atoms with E-state index in [1.165, 1.54) is 0 Å². The molecule has 1 aliphatic heterocycles. The van der Waals surface area contributed by atoms with Crippen molar-refractivity contribution in [3.63, 3.8) is 0 Å². The van der Waals surface area contributed by atoms with Crippen molar-refractivity contribution in [2.24, 2.45) is 0 Å². The fourth-order valence-electron chi connectivity index (χ4n) is 2.49. The Kier molecular flexibility index (Phi) is 5.18.